The van der Waals surface area contributed by atoms with Gasteiger partial charge in [-0.05, 0) is 38.0 Å². The van der Waals surface area contributed by atoms with Gasteiger partial charge < -0.3 is 0 Å². The van der Waals surface area contributed by atoms with Gasteiger partial charge in [0.05, 0.1) is 5.25 Å². The Bertz CT molecular complexity index is 496. The second-order valence-electron chi connectivity index (χ2n) is 4.71. The summed E-state index contributed by atoms with van der Waals surface area (Å²) in [6.45, 7) is 3.39. The summed E-state index contributed by atoms with van der Waals surface area (Å²) < 4.78 is 27.2. The molecule has 2 atom stereocenters. The predicted molar refractivity (Wildman–Crippen MR) is 72.5 cm³/mol. The molecular formula is C12H16BrNO2S. The van der Waals surface area contributed by atoms with E-state index in [1.807, 2.05) is 24.3 Å². The summed E-state index contributed by atoms with van der Waals surface area (Å²) >= 11 is 3.39. The van der Waals surface area contributed by atoms with Crippen LogP contribution < -0.4 is 4.72 Å². The fraction of sp³-hybridized carbons (Fsp3) is 0.500. The molecule has 2 rings (SSSR count). The van der Waals surface area contributed by atoms with Crippen LogP contribution in [-0.2, 0) is 10.0 Å². The molecule has 0 bridgehead atoms. The molecule has 0 aromatic heterocycles. The number of sulfonamides is 1. The van der Waals surface area contributed by atoms with Crippen molar-refractivity contribution >= 4 is 26.0 Å². The van der Waals surface area contributed by atoms with Gasteiger partial charge in [0.25, 0.3) is 0 Å². The summed E-state index contributed by atoms with van der Waals surface area (Å²) in [4.78, 5) is 0. The van der Waals surface area contributed by atoms with Crippen LogP contribution in [0.5, 0.6) is 0 Å². The van der Waals surface area contributed by atoms with Crippen molar-refractivity contribution in [3.63, 3.8) is 0 Å². The molecule has 1 aromatic carbocycles. The van der Waals surface area contributed by atoms with Crippen LogP contribution in [0.4, 0.5) is 0 Å². The summed E-state index contributed by atoms with van der Waals surface area (Å²) in [6.07, 6.45) is 0.896. The van der Waals surface area contributed by atoms with Crippen molar-refractivity contribution in [2.75, 3.05) is 0 Å². The second kappa shape index (κ2) is 4.71. The topological polar surface area (TPSA) is 46.2 Å². The number of hydrogen-bond donors (Lipinski definition) is 1. The Morgan fingerprint density at radius 1 is 1.29 bits per heavy atom. The van der Waals surface area contributed by atoms with Crippen molar-refractivity contribution in [1.82, 2.24) is 4.72 Å². The zero-order valence-electron chi connectivity index (χ0n) is 9.85. The van der Waals surface area contributed by atoms with Gasteiger partial charge in [-0.15, -0.1) is 0 Å². The number of nitrogens with one attached hydrogen (secondary N) is 1. The molecule has 0 unspecified atom stereocenters. The molecule has 1 aromatic rings. The first-order valence-electron chi connectivity index (χ1n) is 5.67. The fourth-order valence-corrected chi connectivity index (χ4v) is 2.97. The first-order chi connectivity index (χ1) is 7.90. The van der Waals surface area contributed by atoms with Crippen molar-refractivity contribution < 1.29 is 8.42 Å². The smallest absolute Gasteiger partial charge is 0.212 e. The highest BCUT2D eigenvalue weighted by Gasteiger charge is 2.41. The normalized spacial score (nSPS) is 24.0. The SMILES string of the molecule is CC(C)S(=O)(=O)N[C@H]1C[C@@H]1c1ccc(Br)cc1. The molecule has 0 aliphatic heterocycles. The maximum absolute atomic E-state index is 11.7. The van der Waals surface area contributed by atoms with Crippen LogP contribution in [0.3, 0.4) is 0 Å². The summed E-state index contributed by atoms with van der Waals surface area (Å²) in [5, 5.41) is -0.367. The van der Waals surface area contributed by atoms with E-state index in [4.69, 9.17) is 0 Å². The summed E-state index contributed by atoms with van der Waals surface area (Å²) in [5.41, 5.74) is 1.20. The minimum absolute atomic E-state index is 0.0728. The summed E-state index contributed by atoms with van der Waals surface area (Å²) in [5.74, 6) is 0.330. The summed E-state index contributed by atoms with van der Waals surface area (Å²) in [6, 6.07) is 8.13. The Morgan fingerprint density at radius 2 is 1.88 bits per heavy atom. The molecular weight excluding hydrogens is 302 g/mol. The van der Waals surface area contributed by atoms with Crippen LogP contribution in [0.2, 0.25) is 0 Å². The van der Waals surface area contributed by atoms with Crippen molar-refractivity contribution in [1.29, 1.82) is 0 Å². The minimum atomic E-state index is -3.14. The van der Waals surface area contributed by atoms with Gasteiger partial charge in [0.2, 0.25) is 10.0 Å². The quantitative estimate of drug-likeness (QED) is 0.928. The largest absolute Gasteiger partial charge is 0.214 e. The monoisotopic (exact) mass is 317 g/mol. The predicted octanol–water partition coefficient (Wildman–Crippen LogP) is 2.63. The van der Waals surface area contributed by atoms with E-state index in [2.05, 4.69) is 20.7 Å². The number of rotatable bonds is 4. The Balaban J connectivity index is 2.00. The maximum atomic E-state index is 11.7. The molecule has 17 heavy (non-hydrogen) atoms. The van der Waals surface area contributed by atoms with Gasteiger partial charge in [-0.2, -0.15) is 0 Å². The van der Waals surface area contributed by atoms with Gasteiger partial charge in [0.15, 0.2) is 0 Å². The molecule has 1 fully saturated rings. The first-order valence-corrected chi connectivity index (χ1v) is 8.00. The van der Waals surface area contributed by atoms with Crippen molar-refractivity contribution in [2.24, 2.45) is 0 Å². The van der Waals surface area contributed by atoms with Gasteiger partial charge in [-0.1, -0.05) is 28.1 Å². The second-order valence-corrected chi connectivity index (χ2v) is 7.90. The summed E-state index contributed by atoms with van der Waals surface area (Å²) in [7, 11) is -3.14. The molecule has 0 saturated heterocycles. The zero-order valence-corrected chi connectivity index (χ0v) is 12.3. The Labute approximate surface area is 111 Å². The van der Waals surface area contributed by atoms with E-state index in [0.717, 1.165) is 10.9 Å². The van der Waals surface area contributed by atoms with Crippen LogP contribution >= 0.6 is 15.9 Å². The molecule has 5 heteroatoms. The van der Waals surface area contributed by atoms with Crippen LogP contribution in [0.15, 0.2) is 28.7 Å². The van der Waals surface area contributed by atoms with Crippen LogP contribution in [0.25, 0.3) is 0 Å². The average Bonchev–Trinajstić information content (AvgIpc) is 2.97. The van der Waals surface area contributed by atoms with E-state index in [1.54, 1.807) is 13.8 Å². The third-order valence-corrected chi connectivity index (χ3v) is 5.43. The van der Waals surface area contributed by atoms with Crippen molar-refractivity contribution in [3.05, 3.63) is 34.3 Å². The van der Waals surface area contributed by atoms with Crippen LogP contribution in [-0.4, -0.2) is 19.7 Å². The van der Waals surface area contributed by atoms with E-state index >= 15 is 0 Å². The van der Waals surface area contributed by atoms with Crippen molar-refractivity contribution in [2.45, 2.75) is 37.5 Å². The van der Waals surface area contributed by atoms with Crippen LogP contribution in [0.1, 0.15) is 31.7 Å². The van der Waals surface area contributed by atoms with Gasteiger partial charge >= 0.3 is 0 Å². The Hall–Kier alpha value is -0.390. The van der Waals surface area contributed by atoms with E-state index in [9.17, 15) is 8.42 Å². The molecule has 1 saturated carbocycles. The molecule has 0 spiro atoms. The highest BCUT2D eigenvalue weighted by Crippen LogP contribution is 2.41. The minimum Gasteiger partial charge on any atom is -0.212 e. The highest BCUT2D eigenvalue weighted by molar-refractivity contribution is 9.10. The molecule has 0 radical (unpaired) electrons. The first kappa shape index (κ1) is 13.1. The molecule has 3 nitrogen and oxygen atoms in total. The van der Waals surface area contributed by atoms with E-state index in [1.165, 1.54) is 5.56 Å². The lowest BCUT2D eigenvalue weighted by Crippen LogP contribution is -2.33. The number of halogens is 1. The Kier molecular flexibility index (Phi) is 3.61. The lowest BCUT2D eigenvalue weighted by atomic mass is 10.1. The zero-order chi connectivity index (χ0) is 12.6. The van der Waals surface area contributed by atoms with E-state index in [0.29, 0.717) is 5.92 Å². The van der Waals surface area contributed by atoms with E-state index < -0.39 is 10.0 Å². The lowest BCUT2D eigenvalue weighted by molar-refractivity contribution is 0.571. The molecule has 1 N–H and O–H groups in total. The third kappa shape index (κ3) is 3.09. The molecule has 1 aliphatic rings. The van der Waals surface area contributed by atoms with Crippen molar-refractivity contribution in [3.8, 4) is 0 Å². The van der Waals surface area contributed by atoms with Gasteiger partial charge in [-0.25, -0.2) is 13.1 Å². The molecule has 1 aliphatic carbocycles. The third-order valence-electron chi connectivity index (χ3n) is 3.02. The number of hydrogen-bond acceptors (Lipinski definition) is 2. The van der Waals surface area contributed by atoms with Gasteiger partial charge in [0.1, 0.15) is 0 Å². The van der Waals surface area contributed by atoms with Crippen LogP contribution in [0, 0.1) is 0 Å². The molecule has 94 valence electrons. The fourth-order valence-electron chi connectivity index (χ4n) is 1.75. The maximum Gasteiger partial charge on any atom is 0.214 e. The average molecular weight is 318 g/mol. The standard InChI is InChI=1S/C12H16BrNO2S/c1-8(2)17(15,16)14-12-7-11(12)9-3-5-10(13)6-4-9/h3-6,8,11-12,14H,7H2,1-2H3/t11-,12+/m1/s1. The van der Waals surface area contributed by atoms with Gasteiger partial charge in [0, 0.05) is 16.4 Å². The lowest BCUT2D eigenvalue weighted by Gasteiger charge is -2.09. The Morgan fingerprint density at radius 3 is 2.41 bits per heavy atom. The number of benzene rings is 1. The van der Waals surface area contributed by atoms with E-state index in [-0.39, 0.29) is 11.3 Å². The molecule has 0 heterocycles. The highest BCUT2D eigenvalue weighted by atomic mass is 79.9. The molecule has 0 amide bonds. The van der Waals surface area contributed by atoms with Gasteiger partial charge in [-0.3, -0.25) is 0 Å².